The van der Waals surface area contributed by atoms with Crippen molar-refractivity contribution in [3.8, 4) is 0 Å². The highest BCUT2D eigenvalue weighted by Crippen LogP contribution is 2.52. The van der Waals surface area contributed by atoms with E-state index in [-0.39, 0.29) is 11.5 Å². The van der Waals surface area contributed by atoms with Gasteiger partial charge in [0.2, 0.25) is 5.67 Å². The van der Waals surface area contributed by atoms with Crippen LogP contribution in [0.4, 0.5) is 17.6 Å². The lowest BCUT2D eigenvalue weighted by Gasteiger charge is -2.23. The van der Waals surface area contributed by atoms with Gasteiger partial charge in [-0.25, -0.2) is 4.39 Å². The van der Waals surface area contributed by atoms with E-state index in [1.165, 1.54) is 0 Å². The van der Waals surface area contributed by atoms with Gasteiger partial charge in [-0.1, -0.05) is 0 Å². The van der Waals surface area contributed by atoms with E-state index in [2.05, 4.69) is 0 Å². The Labute approximate surface area is 86.0 Å². The highest BCUT2D eigenvalue weighted by Gasteiger charge is 2.60. The van der Waals surface area contributed by atoms with Gasteiger partial charge in [0.1, 0.15) is 0 Å². The van der Waals surface area contributed by atoms with E-state index in [4.69, 9.17) is 5.73 Å². The highest BCUT2D eigenvalue weighted by molar-refractivity contribution is 5.04. The second-order valence-corrected chi connectivity index (χ2v) is 5.14. The van der Waals surface area contributed by atoms with Crippen molar-refractivity contribution >= 4 is 0 Å². The Morgan fingerprint density at radius 3 is 2.20 bits per heavy atom. The molecule has 0 heterocycles. The van der Waals surface area contributed by atoms with Crippen molar-refractivity contribution in [1.29, 1.82) is 0 Å². The van der Waals surface area contributed by atoms with Crippen LogP contribution in [0, 0.1) is 5.92 Å². The van der Waals surface area contributed by atoms with Gasteiger partial charge in [0.25, 0.3) is 0 Å². The Morgan fingerprint density at radius 2 is 1.80 bits per heavy atom. The number of hydrogen-bond acceptors (Lipinski definition) is 1. The van der Waals surface area contributed by atoms with Crippen LogP contribution in [0.2, 0.25) is 0 Å². The van der Waals surface area contributed by atoms with Crippen LogP contribution in [0.15, 0.2) is 0 Å². The van der Waals surface area contributed by atoms with Crippen molar-refractivity contribution in [3.63, 3.8) is 0 Å². The minimum Gasteiger partial charge on any atom is -0.325 e. The molecular formula is C10H15F4N. The van der Waals surface area contributed by atoms with Crippen LogP contribution in [0.3, 0.4) is 0 Å². The summed E-state index contributed by atoms with van der Waals surface area (Å²) < 4.78 is 50.6. The smallest absolute Gasteiger partial charge is 0.325 e. The van der Waals surface area contributed by atoms with E-state index >= 15 is 0 Å². The molecule has 0 aliphatic heterocycles. The molecule has 2 unspecified atom stereocenters. The maximum atomic E-state index is 13.5. The zero-order chi connectivity index (χ0) is 11.3. The average molecular weight is 225 g/mol. The first-order valence-corrected chi connectivity index (χ1v) is 5.29. The number of hydrogen-bond donors (Lipinski definition) is 1. The van der Waals surface area contributed by atoms with Crippen LogP contribution in [0.25, 0.3) is 0 Å². The fourth-order valence-electron chi connectivity index (χ4n) is 2.47. The molecule has 0 saturated heterocycles. The molecule has 5 heteroatoms. The monoisotopic (exact) mass is 225 g/mol. The predicted molar refractivity (Wildman–Crippen MR) is 48.0 cm³/mol. The molecule has 0 radical (unpaired) electrons. The van der Waals surface area contributed by atoms with Crippen LogP contribution in [-0.4, -0.2) is 17.4 Å². The van der Waals surface area contributed by atoms with Crippen LogP contribution >= 0.6 is 0 Å². The number of rotatable bonds is 2. The molecular weight excluding hydrogens is 210 g/mol. The van der Waals surface area contributed by atoms with Gasteiger partial charge < -0.3 is 5.73 Å². The summed E-state index contributed by atoms with van der Waals surface area (Å²) in [7, 11) is 0. The molecule has 1 nitrogen and oxygen atoms in total. The molecule has 0 amide bonds. The minimum atomic E-state index is -4.72. The fourth-order valence-corrected chi connectivity index (χ4v) is 2.47. The summed E-state index contributed by atoms with van der Waals surface area (Å²) >= 11 is 0. The van der Waals surface area contributed by atoms with Gasteiger partial charge in [-0.2, -0.15) is 13.2 Å². The molecule has 0 aromatic carbocycles. The van der Waals surface area contributed by atoms with E-state index in [0.29, 0.717) is 12.8 Å². The second kappa shape index (κ2) is 3.09. The van der Waals surface area contributed by atoms with E-state index in [9.17, 15) is 17.6 Å². The second-order valence-electron chi connectivity index (χ2n) is 5.14. The van der Waals surface area contributed by atoms with Gasteiger partial charge in [-0.3, -0.25) is 0 Å². The first-order chi connectivity index (χ1) is 6.74. The van der Waals surface area contributed by atoms with E-state index in [1.807, 2.05) is 0 Å². The fraction of sp³-hybridized carbons (Fsp3) is 1.00. The summed E-state index contributed by atoms with van der Waals surface area (Å²) in [6.07, 6.45) is -2.90. The van der Waals surface area contributed by atoms with Gasteiger partial charge in [0.05, 0.1) is 0 Å². The van der Waals surface area contributed by atoms with Crippen LogP contribution in [-0.2, 0) is 0 Å². The molecule has 0 aromatic heterocycles. The van der Waals surface area contributed by atoms with Crippen molar-refractivity contribution < 1.29 is 17.6 Å². The molecule has 2 atom stereocenters. The normalized spacial score (nSPS) is 39.4. The zero-order valence-corrected chi connectivity index (χ0v) is 8.41. The maximum Gasteiger partial charge on any atom is 0.422 e. The zero-order valence-electron chi connectivity index (χ0n) is 8.41. The summed E-state index contributed by atoms with van der Waals surface area (Å²) in [4.78, 5) is 0. The summed E-state index contributed by atoms with van der Waals surface area (Å²) in [6.45, 7) is 0. The largest absolute Gasteiger partial charge is 0.422 e. The number of nitrogens with two attached hydrogens (primary N) is 1. The Hall–Kier alpha value is -0.320. The van der Waals surface area contributed by atoms with Gasteiger partial charge in [-0.15, -0.1) is 0 Å². The van der Waals surface area contributed by atoms with Crippen molar-refractivity contribution in [2.45, 2.75) is 55.9 Å². The predicted octanol–water partition coefficient (Wildman–Crippen LogP) is 2.94. The topological polar surface area (TPSA) is 26.0 Å². The minimum absolute atomic E-state index is 0.191. The summed E-state index contributed by atoms with van der Waals surface area (Å²) in [5.74, 6) is -0.191. The summed E-state index contributed by atoms with van der Waals surface area (Å²) in [5.41, 5.74) is 2.59. The maximum absolute atomic E-state index is 13.5. The highest BCUT2D eigenvalue weighted by atomic mass is 19.4. The Morgan fingerprint density at radius 1 is 1.20 bits per heavy atom. The molecule has 88 valence electrons. The van der Waals surface area contributed by atoms with Gasteiger partial charge >= 0.3 is 6.18 Å². The van der Waals surface area contributed by atoms with Gasteiger partial charge in [0.15, 0.2) is 0 Å². The molecule has 2 rings (SSSR count). The Bertz CT molecular complexity index is 259. The first-order valence-electron chi connectivity index (χ1n) is 5.29. The third-order valence-corrected chi connectivity index (χ3v) is 3.66. The lowest BCUT2D eigenvalue weighted by atomic mass is 9.95. The number of alkyl halides is 4. The van der Waals surface area contributed by atoms with Gasteiger partial charge in [0, 0.05) is 5.54 Å². The number of halogens is 4. The molecule has 0 bridgehead atoms. The lowest BCUT2D eigenvalue weighted by molar-refractivity contribution is -0.228. The van der Waals surface area contributed by atoms with Crippen LogP contribution < -0.4 is 5.73 Å². The van der Waals surface area contributed by atoms with Crippen molar-refractivity contribution in [2.24, 2.45) is 11.7 Å². The third-order valence-electron chi connectivity index (χ3n) is 3.66. The van der Waals surface area contributed by atoms with E-state index in [1.54, 1.807) is 0 Å². The first kappa shape index (κ1) is 11.2. The molecule has 2 aliphatic carbocycles. The summed E-state index contributed by atoms with van der Waals surface area (Å²) in [5, 5.41) is 0. The van der Waals surface area contributed by atoms with E-state index in [0.717, 1.165) is 12.8 Å². The molecule has 2 N–H and O–H groups in total. The molecule has 2 saturated carbocycles. The van der Waals surface area contributed by atoms with E-state index < -0.39 is 24.7 Å². The SMILES string of the molecule is NC1(CC2CCC(F)(C(F)(F)F)C2)CC1. The summed E-state index contributed by atoms with van der Waals surface area (Å²) in [6, 6.07) is 0. The molecule has 15 heavy (non-hydrogen) atoms. The quantitative estimate of drug-likeness (QED) is 0.718. The standard InChI is InChI=1S/C10H15F4N/c11-9(10(12,13)14)2-1-7(6-9)5-8(15)3-4-8/h7H,1-6,15H2. The van der Waals surface area contributed by atoms with Crippen molar-refractivity contribution in [2.75, 3.05) is 0 Å². The van der Waals surface area contributed by atoms with Crippen molar-refractivity contribution in [1.82, 2.24) is 0 Å². The lowest BCUT2D eigenvalue weighted by Crippen LogP contribution is -2.38. The molecule has 2 fully saturated rings. The van der Waals surface area contributed by atoms with Crippen molar-refractivity contribution in [3.05, 3.63) is 0 Å². The molecule has 2 aliphatic rings. The average Bonchev–Trinajstić information content (AvgIpc) is 2.64. The Balaban J connectivity index is 1.94. The molecule has 0 spiro atoms. The Kier molecular flexibility index (Phi) is 2.30. The van der Waals surface area contributed by atoms with Gasteiger partial charge in [-0.05, 0) is 44.4 Å². The third kappa shape index (κ3) is 2.12. The molecule has 0 aromatic rings. The van der Waals surface area contributed by atoms with Crippen LogP contribution in [0.1, 0.15) is 38.5 Å². The van der Waals surface area contributed by atoms with Crippen LogP contribution in [0.5, 0.6) is 0 Å².